The van der Waals surface area contributed by atoms with Crippen LogP contribution >= 0.6 is 0 Å². The van der Waals surface area contributed by atoms with Crippen molar-refractivity contribution in [2.45, 2.75) is 19.8 Å². The molecule has 0 aliphatic heterocycles. The lowest BCUT2D eigenvalue weighted by Crippen LogP contribution is -2.32. The number of amides is 1. The minimum absolute atomic E-state index is 0.0487. The number of carboxylic acids is 1. The summed E-state index contributed by atoms with van der Waals surface area (Å²) in [6.45, 7) is 2.63. The third kappa shape index (κ3) is 8.19. The predicted molar refractivity (Wildman–Crippen MR) is 58.9 cm³/mol. The van der Waals surface area contributed by atoms with Crippen LogP contribution in [0.15, 0.2) is 0 Å². The van der Waals surface area contributed by atoms with Gasteiger partial charge in [-0.3, -0.25) is 4.79 Å². The molecule has 0 aliphatic carbocycles. The summed E-state index contributed by atoms with van der Waals surface area (Å²) in [5, 5.41) is 11.0. The molecule has 0 aliphatic rings. The topological polar surface area (TPSA) is 102 Å². The molecule has 1 amide bonds. The smallest absolute Gasteiger partial charge is 0.329 e. The van der Waals surface area contributed by atoms with Crippen molar-refractivity contribution in [1.82, 2.24) is 5.32 Å². The van der Waals surface area contributed by atoms with Crippen LogP contribution in [0.2, 0.25) is 0 Å². The van der Waals surface area contributed by atoms with Crippen LogP contribution in [0.1, 0.15) is 19.8 Å². The molecule has 0 spiro atoms. The van der Waals surface area contributed by atoms with Crippen molar-refractivity contribution in [3.05, 3.63) is 0 Å². The maximum absolute atomic E-state index is 11.4. The van der Waals surface area contributed by atoms with Crippen molar-refractivity contribution in [3.63, 3.8) is 0 Å². The molecular formula is C10H20N2O4. The van der Waals surface area contributed by atoms with Gasteiger partial charge in [-0.25, -0.2) is 4.79 Å². The standard InChI is InChI=1S/C10H20N2O4/c1-8(3-2-4-11)10(15)12-5-6-16-7-9(13)14/h8H,2-7,11H2,1H3,(H,12,15)(H,13,14). The number of carboxylic acid groups (broad SMARTS) is 1. The van der Waals surface area contributed by atoms with Gasteiger partial charge in [0.25, 0.3) is 0 Å². The molecule has 6 heteroatoms. The van der Waals surface area contributed by atoms with E-state index in [-0.39, 0.29) is 25.0 Å². The van der Waals surface area contributed by atoms with Gasteiger partial charge in [-0.15, -0.1) is 0 Å². The molecule has 0 saturated heterocycles. The summed E-state index contributed by atoms with van der Waals surface area (Å²) in [4.78, 5) is 21.5. The maximum atomic E-state index is 11.4. The number of hydrogen-bond donors (Lipinski definition) is 3. The number of carbonyl (C=O) groups excluding carboxylic acids is 1. The first kappa shape index (κ1) is 14.9. The summed E-state index contributed by atoms with van der Waals surface area (Å²) in [5.74, 6) is -1.13. The maximum Gasteiger partial charge on any atom is 0.329 e. The molecule has 0 aromatic rings. The lowest BCUT2D eigenvalue weighted by molar-refractivity contribution is -0.142. The van der Waals surface area contributed by atoms with Gasteiger partial charge in [-0.1, -0.05) is 6.92 Å². The van der Waals surface area contributed by atoms with E-state index in [0.29, 0.717) is 13.1 Å². The van der Waals surface area contributed by atoms with Crippen molar-refractivity contribution >= 4 is 11.9 Å². The van der Waals surface area contributed by atoms with Gasteiger partial charge in [0.1, 0.15) is 6.61 Å². The van der Waals surface area contributed by atoms with Crippen molar-refractivity contribution in [2.75, 3.05) is 26.3 Å². The van der Waals surface area contributed by atoms with Crippen LogP contribution in [0, 0.1) is 5.92 Å². The first-order valence-corrected chi connectivity index (χ1v) is 5.35. The minimum atomic E-state index is -1.01. The van der Waals surface area contributed by atoms with Gasteiger partial charge in [0.05, 0.1) is 6.61 Å². The second kappa shape index (κ2) is 9.11. The van der Waals surface area contributed by atoms with Crippen LogP contribution in [0.5, 0.6) is 0 Å². The Morgan fingerprint density at radius 2 is 2.19 bits per heavy atom. The third-order valence-electron chi connectivity index (χ3n) is 2.06. The molecule has 0 saturated carbocycles. The van der Waals surface area contributed by atoms with Crippen LogP contribution in [-0.4, -0.2) is 43.3 Å². The Labute approximate surface area is 95.1 Å². The highest BCUT2D eigenvalue weighted by molar-refractivity contribution is 5.78. The van der Waals surface area contributed by atoms with E-state index < -0.39 is 5.97 Å². The van der Waals surface area contributed by atoms with E-state index in [1.165, 1.54) is 0 Å². The fraction of sp³-hybridized carbons (Fsp3) is 0.800. The van der Waals surface area contributed by atoms with Gasteiger partial charge >= 0.3 is 5.97 Å². The molecule has 0 heterocycles. The van der Waals surface area contributed by atoms with Gasteiger partial charge in [0.2, 0.25) is 5.91 Å². The Morgan fingerprint density at radius 3 is 2.75 bits per heavy atom. The molecule has 0 radical (unpaired) electrons. The largest absolute Gasteiger partial charge is 0.480 e. The lowest BCUT2D eigenvalue weighted by atomic mass is 10.1. The summed E-state index contributed by atoms with van der Waals surface area (Å²) in [6.07, 6.45) is 1.59. The summed E-state index contributed by atoms with van der Waals surface area (Å²) in [7, 11) is 0. The SMILES string of the molecule is CC(CCCN)C(=O)NCCOCC(=O)O. The molecule has 0 bridgehead atoms. The molecule has 1 unspecified atom stereocenters. The molecule has 1 atom stereocenters. The lowest BCUT2D eigenvalue weighted by Gasteiger charge is -2.11. The first-order chi connectivity index (χ1) is 7.57. The summed E-state index contributed by atoms with van der Waals surface area (Å²) < 4.78 is 4.77. The van der Waals surface area contributed by atoms with Crippen LogP contribution < -0.4 is 11.1 Å². The molecule has 6 nitrogen and oxygen atoms in total. The van der Waals surface area contributed by atoms with Crippen LogP contribution in [0.3, 0.4) is 0 Å². The van der Waals surface area contributed by atoms with Gasteiger partial charge in [0.15, 0.2) is 0 Å². The van der Waals surface area contributed by atoms with E-state index in [1.807, 2.05) is 6.92 Å². The number of rotatable bonds is 9. The quantitative estimate of drug-likeness (QED) is 0.469. The van der Waals surface area contributed by atoms with Crippen LogP contribution in [0.4, 0.5) is 0 Å². The molecule has 94 valence electrons. The van der Waals surface area contributed by atoms with E-state index in [9.17, 15) is 9.59 Å². The second-order valence-electron chi connectivity index (χ2n) is 3.57. The molecule has 0 aromatic heterocycles. The predicted octanol–water partition coefficient (Wildman–Crippen LogP) is -0.421. The normalized spacial score (nSPS) is 12.1. The molecule has 0 fully saturated rings. The average Bonchev–Trinajstić information content (AvgIpc) is 2.24. The molecular weight excluding hydrogens is 212 g/mol. The Bertz CT molecular complexity index is 221. The number of hydrogen-bond acceptors (Lipinski definition) is 4. The molecule has 16 heavy (non-hydrogen) atoms. The molecule has 0 rings (SSSR count). The summed E-state index contributed by atoms with van der Waals surface area (Å²) >= 11 is 0. The Morgan fingerprint density at radius 1 is 1.50 bits per heavy atom. The fourth-order valence-corrected chi connectivity index (χ4v) is 1.14. The van der Waals surface area contributed by atoms with E-state index in [2.05, 4.69) is 5.32 Å². The molecule has 4 N–H and O–H groups in total. The fourth-order valence-electron chi connectivity index (χ4n) is 1.14. The van der Waals surface area contributed by atoms with Crippen LogP contribution in [0.25, 0.3) is 0 Å². The second-order valence-corrected chi connectivity index (χ2v) is 3.57. The first-order valence-electron chi connectivity index (χ1n) is 5.35. The highest BCUT2D eigenvalue weighted by Crippen LogP contribution is 2.03. The Balaban J connectivity index is 3.45. The summed E-state index contributed by atoms with van der Waals surface area (Å²) in [6, 6.07) is 0. The van der Waals surface area contributed by atoms with Gasteiger partial charge < -0.3 is 20.9 Å². The zero-order valence-corrected chi connectivity index (χ0v) is 9.57. The van der Waals surface area contributed by atoms with Crippen molar-refractivity contribution in [3.8, 4) is 0 Å². The van der Waals surface area contributed by atoms with Crippen molar-refractivity contribution < 1.29 is 19.4 Å². The molecule has 0 aromatic carbocycles. The number of ether oxygens (including phenoxy) is 1. The zero-order chi connectivity index (χ0) is 12.4. The minimum Gasteiger partial charge on any atom is -0.480 e. The average molecular weight is 232 g/mol. The Kier molecular flexibility index (Phi) is 8.46. The highest BCUT2D eigenvalue weighted by Gasteiger charge is 2.11. The monoisotopic (exact) mass is 232 g/mol. The zero-order valence-electron chi connectivity index (χ0n) is 9.57. The summed E-state index contributed by atoms with van der Waals surface area (Å²) in [5.41, 5.74) is 5.34. The Hall–Kier alpha value is -1.14. The van der Waals surface area contributed by atoms with E-state index >= 15 is 0 Å². The van der Waals surface area contributed by atoms with Gasteiger partial charge in [0, 0.05) is 12.5 Å². The highest BCUT2D eigenvalue weighted by atomic mass is 16.5. The van der Waals surface area contributed by atoms with Gasteiger partial charge in [-0.2, -0.15) is 0 Å². The van der Waals surface area contributed by atoms with E-state index in [1.54, 1.807) is 0 Å². The third-order valence-corrected chi connectivity index (χ3v) is 2.06. The van der Waals surface area contributed by atoms with Crippen molar-refractivity contribution in [2.24, 2.45) is 11.7 Å². The number of nitrogens with two attached hydrogens (primary N) is 1. The van der Waals surface area contributed by atoms with E-state index in [0.717, 1.165) is 12.8 Å². The van der Waals surface area contributed by atoms with Crippen molar-refractivity contribution in [1.29, 1.82) is 0 Å². The number of aliphatic carboxylic acids is 1. The van der Waals surface area contributed by atoms with Crippen LogP contribution in [-0.2, 0) is 14.3 Å². The van der Waals surface area contributed by atoms with E-state index in [4.69, 9.17) is 15.6 Å². The van der Waals surface area contributed by atoms with Gasteiger partial charge in [-0.05, 0) is 19.4 Å². The number of nitrogens with one attached hydrogen (secondary N) is 1. The number of carbonyl (C=O) groups is 2.